The van der Waals surface area contributed by atoms with E-state index in [1.165, 1.54) is 35.8 Å². The quantitative estimate of drug-likeness (QED) is 0.329. The SMILES string of the molecule is CCOC(=O)c1ccc2nc(NC(=O)c3ccc4c(c3)C(=O)N(Cc3ccco3)C4=O)sc2c1. The maximum atomic E-state index is 12.8. The zero-order valence-electron chi connectivity index (χ0n) is 17.9. The van der Waals surface area contributed by atoms with E-state index in [2.05, 4.69) is 10.3 Å². The number of fused-ring (bicyclic) bond motifs is 2. The van der Waals surface area contributed by atoms with Gasteiger partial charge in [-0.05, 0) is 55.5 Å². The van der Waals surface area contributed by atoms with Gasteiger partial charge in [-0.15, -0.1) is 0 Å². The highest BCUT2D eigenvalue weighted by atomic mass is 32.1. The van der Waals surface area contributed by atoms with Crippen LogP contribution in [0.3, 0.4) is 0 Å². The molecule has 1 aliphatic rings. The fourth-order valence-electron chi connectivity index (χ4n) is 3.62. The number of ether oxygens (including phenoxy) is 1. The second kappa shape index (κ2) is 8.56. The van der Waals surface area contributed by atoms with Crippen molar-refractivity contribution in [2.75, 3.05) is 11.9 Å². The molecule has 2 aromatic heterocycles. The molecular weight excluding hydrogens is 458 g/mol. The van der Waals surface area contributed by atoms with Gasteiger partial charge in [-0.2, -0.15) is 0 Å². The van der Waals surface area contributed by atoms with Crippen molar-refractivity contribution in [3.05, 3.63) is 82.8 Å². The van der Waals surface area contributed by atoms with Crippen LogP contribution in [-0.4, -0.2) is 40.2 Å². The molecule has 1 N–H and O–H groups in total. The number of hydrogen-bond donors (Lipinski definition) is 1. The number of nitrogens with zero attached hydrogens (tertiary/aromatic N) is 2. The van der Waals surface area contributed by atoms with Crippen molar-refractivity contribution in [1.29, 1.82) is 0 Å². The molecule has 4 aromatic rings. The maximum absolute atomic E-state index is 12.8. The van der Waals surface area contributed by atoms with Gasteiger partial charge in [-0.1, -0.05) is 11.3 Å². The average molecular weight is 475 g/mol. The molecule has 0 saturated heterocycles. The van der Waals surface area contributed by atoms with E-state index in [0.717, 1.165) is 4.90 Å². The molecule has 0 saturated carbocycles. The Kier molecular flexibility index (Phi) is 5.42. The van der Waals surface area contributed by atoms with Crippen LogP contribution in [0.1, 0.15) is 54.1 Å². The Balaban J connectivity index is 1.35. The Morgan fingerprint density at radius 2 is 1.85 bits per heavy atom. The van der Waals surface area contributed by atoms with Gasteiger partial charge in [-0.3, -0.25) is 24.6 Å². The molecule has 170 valence electrons. The highest BCUT2D eigenvalue weighted by Gasteiger charge is 2.36. The Bertz CT molecular complexity index is 1460. The number of carbonyl (C=O) groups excluding carboxylic acids is 4. The second-order valence-corrected chi connectivity index (χ2v) is 8.44. The summed E-state index contributed by atoms with van der Waals surface area (Å²) in [4.78, 5) is 55.7. The number of thiazole rings is 1. The van der Waals surface area contributed by atoms with Crippen molar-refractivity contribution < 1.29 is 28.3 Å². The predicted molar refractivity (Wildman–Crippen MR) is 123 cm³/mol. The van der Waals surface area contributed by atoms with Crippen LogP contribution >= 0.6 is 11.3 Å². The van der Waals surface area contributed by atoms with E-state index >= 15 is 0 Å². The molecule has 0 radical (unpaired) electrons. The van der Waals surface area contributed by atoms with Crippen LogP contribution in [0.15, 0.2) is 59.2 Å². The average Bonchev–Trinajstić information content (AvgIpc) is 3.54. The molecule has 0 aliphatic carbocycles. The summed E-state index contributed by atoms with van der Waals surface area (Å²) >= 11 is 1.21. The molecule has 0 unspecified atom stereocenters. The molecular formula is C24H17N3O6S. The fourth-order valence-corrected chi connectivity index (χ4v) is 4.52. The molecule has 0 atom stereocenters. The van der Waals surface area contributed by atoms with Crippen LogP contribution in [0, 0.1) is 0 Å². The van der Waals surface area contributed by atoms with Crippen molar-refractivity contribution in [3.63, 3.8) is 0 Å². The third kappa shape index (κ3) is 3.84. The maximum Gasteiger partial charge on any atom is 0.338 e. The normalized spacial score (nSPS) is 12.8. The van der Waals surface area contributed by atoms with E-state index in [1.807, 2.05) is 0 Å². The first kappa shape index (κ1) is 21.5. The lowest BCUT2D eigenvalue weighted by molar-refractivity contribution is 0.0525. The minimum atomic E-state index is -0.488. The summed E-state index contributed by atoms with van der Waals surface area (Å²) in [6, 6.07) is 12.7. The van der Waals surface area contributed by atoms with Crippen molar-refractivity contribution in [2.45, 2.75) is 13.5 Å². The zero-order chi connectivity index (χ0) is 23.8. The van der Waals surface area contributed by atoms with E-state index in [0.29, 0.717) is 26.7 Å². The first-order valence-electron chi connectivity index (χ1n) is 10.4. The summed E-state index contributed by atoms with van der Waals surface area (Å²) in [5.41, 5.74) is 1.63. The number of aromatic nitrogens is 1. The predicted octanol–water partition coefficient (Wildman–Crippen LogP) is 4.11. The first-order chi connectivity index (χ1) is 16.4. The number of nitrogens with one attached hydrogen (secondary N) is 1. The van der Waals surface area contributed by atoms with E-state index in [-0.39, 0.29) is 29.8 Å². The molecule has 3 amide bonds. The van der Waals surface area contributed by atoms with Crippen LogP contribution in [0.25, 0.3) is 10.2 Å². The van der Waals surface area contributed by atoms with Crippen LogP contribution in [0.5, 0.6) is 0 Å². The van der Waals surface area contributed by atoms with Gasteiger partial charge in [0, 0.05) is 5.56 Å². The highest BCUT2D eigenvalue weighted by molar-refractivity contribution is 7.22. The molecule has 9 nitrogen and oxygen atoms in total. The lowest BCUT2D eigenvalue weighted by atomic mass is 10.1. The molecule has 0 fully saturated rings. The van der Waals surface area contributed by atoms with Crippen molar-refractivity contribution >= 4 is 50.4 Å². The Hall–Kier alpha value is -4.31. The van der Waals surface area contributed by atoms with Gasteiger partial charge in [0.25, 0.3) is 17.7 Å². The number of rotatable bonds is 6. The van der Waals surface area contributed by atoms with Gasteiger partial charge in [0.15, 0.2) is 5.13 Å². The van der Waals surface area contributed by atoms with Crippen molar-refractivity contribution in [2.24, 2.45) is 0 Å². The molecule has 10 heteroatoms. The minimum Gasteiger partial charge on any atom is -0.467 e. The van der Waals surface area contributed by atoms with Gasteiger partial charge in [0.1, 0.15) is 5.76 Å². The molecule has 5 rings (SSSR count). The zero-order valence-corrected chi connectivity index (χ0v) is 18.7. The summed E-state index contributed by atoms with van der Waals surface area (Å²) < 4.78 is 11.0. The van der Waals surface area contributed by atoms with Crippen LogP contribution < -0.4 is 5.32 Å². The van der Waals surface area contributed by atoms with E-state index in [4.69, 9.17) is 9.15 Å². The number of imide groups is 1. The van der Waals surface area contributed by atoms with Gasteiger partial charge in [-0.25, -0.2) is 9.78 Å². The van der Waals surface area contributed by atoms with Gasteiger partial charge >= 0.3 is 5.97 Å². The second-order valence-electron chi connectivity index (χ2n) is 7.41. The van der Waals surface area contributed by atoms with E-state index < -0.39 is 23.7 Å². The number of benzene rings is 2. The third-order valence-corrected chi connectivity index (χ3v) is 6.18. The largest absolute Gasteiger partial charge is 0.467 e. The topological polar surface area (TPSA) is 119 Å². The number of furan rings is 1. The Morgan fingerprint density at radius 3 is 2.62 bits per heavy atom. The first-order valence-corrected chi connectivity index (χ1v) is 11.2. The fraction of sp³-hybridized carbons (Fsp3) is 0.125. The Labute approximate surface area is 196 Å². The molecule has 0 bridgehead atoms. The summed E-state index contributed by atoms with van der Waals surface area (Å²) in [6.45, 7) is 2.02. The number of anilines is 1. The lowest BCUT2D eigenvalue weighted by Crippen LogP contribution is -2.28. The van der Waals surface area contributed by atoms with Crippen LogP contribution in [0.2, 0.25) is 0 Å². The summed E-state index contributed by atoms with van der Waals surface area (Å²) in [5.74, 6) is -1.35. The summed E-state index contributed by atoms with van der Waals surface area (Å²) in [6.07, 6.45) is 1.47. The van der Waals surface area contributed by atoms with Crippen LogP contribution in [0.4, 0.5) is 5.13 Å². The van der Waals surface area contributed by atoms with Crippen molar-refractivity contribution in [3.8, 4) is 0 Å². The standard InChI is InChI=1S/C24H17N3O6S/c1-2-32-23(31)14-6-8-18-19(11-14)34-24(25-18)26-20(28)13-5-7-16-17(10-13)22(30)27(21(16)29)12-15-4-3-9-33-15/h3-11H,2,12H2,1H3,(H,25,26,28). The minimum absolute atomic E-state index is 0.0143. The van der Waals surface area contributed by atoms with E-state index in [1.54, 1.807) is 37.3 Å². The molecule has 34 heavy (non-hydrogen) atoms. The van der Waals surface area contributed by atoms with Gasteiger partial charge in [0.2, 0.25) is 0 Å². The Morgan fingerprint density at radius 1 is 1.06 bits per heavy atom. The lowest BCUT2D eigenvalue weighted by Gasteiger charge is -2.11. The van der Waals surface area contributed by atoms with Gasteiger partial charge in [0.05, 0.1) is 46.3 Å². The van der Waals surface area contributed by atoms with Gasteiger partial charge < -0.3 is 9.15 Å². The summed E-state index contributed by atoms with van der Waals surface area (Å²) in [7, 11) is 0. The molecule has 1 aliphatic heterocycles. The smallest absolute Gasteiger partial charge is 0.338 e. The molecule has 3 heterocycles. The number of amides is 3. The number of hydrogen-bond acceptors (Lipinski definition) is 8. The van der Waals surface area contributed by atoms with Crippen LogP contribution in [-0.2, 0) is 11.3 Å². The summed E-state index contributed by atoms with van der Waals surface area (Å²) in [5, 5.41) is 3.05. The number of esters is 1. The highest BCUT2D eigenvalue weighted by Crippen LogP contribution is 2.29. The third-order valence-electron chi connectivity index (χ3n) is 5.25. The molecule has 0 spiro atoms. The van der Waals surface area contributed by atoms with Crippen molar-refractivity contribution in [1.82, 2.24) is 9.88 Å². The monoisotopic (exact) mass is 475 g/mol. The van der Waals surface area contributed by atoms with E-state index in [9.17, 15) is 19.2 Å². The molecule has 2 aromatic carbocycles. The number of carbonyl (C=O) groups is 4.